The van der Waals surface area contributed by atoms with Crippen molar-refractivity contribution in [3.8, 4) is 0 Å². The predicted molar refractivity (Wildman–Crippen MR) is 48.4 cm³/mol. The number of hydrogen-bond donors (Lipinski definition) is 0. The summed E-state index contributed by atoms with van der Waals surface area (Å²) in [5, 5.41) is 0. The normalized spacial score (nSPS) is 23.2. The largest absolute Gasteiger partial charge is 0.0839 e. The lowest BCUT2D eigenvalue weighted by Crippen LogP contribution is -1.99. The quantitative estimate of drug-likeness (QED) is 0.491. The molecule has 0 aromatic heterocycles. The molecule has 0 nitrogen and oxygen atoms in total. The zero-order chi connectivity index (χ0) is 7.68. The SMILES string of the molecule is CC1=CC2=C(C=CCC2)CC1. The maximum absolute atomic E-state index is 2.38. The third-order valence-electron chi connectivity index (χ3n) is 2.52. The van der Waals surface area contributed by atoms with Gasteiger partial charge in [-0.25, -0.2) is 0 Å². The molecule has 0 fully saturated rings. The van der Waals surface area contributed by atoms with Crippen LogP contribution in [0.3, 0.4) is 0 Å². The van der Waals surface area contributed by atoms with E-state index in [0.717, 1.165) is 0 Å². The van der Waals surface area contributed by atoms with Crippen LogP contribution in [0, 0.1) is 0 Å². The van der Waals surface area contributed by atoms with Crippen LogP contribution in [0.5, 0.6) is 0 Å². The molecule has 0 bridgehead atoms. The molecule has 0 aromatic carbocycles. The Kier molecular flexibility index (Phi) is 1.69. The van der Waals surface area contributed by atoms with E-state index in [4.69, 9.17) is 0 Å². The third-order valence-corrected chi connectivity index (χ3v) is 2.52. The molecule has 2 aliphatic rings. The summed E-state index contributed by atoms with van der Waals surface area (Å²) < 4.78 is 0. The van der Waals surface area contributed by atoms with Crippen LogP contribution in [-0.2, 0) is 0 Å². The van der Waals surface area contributed by atoms with Crippen molar-refractivity contribution in [3.05, 3.63) is 34.9 Å². The average Bonchev–Trinajstić information content (AvgIpc) is 2.04. The van der Waals surface area contributed by atoms with E-state index in [0.29, 0.717) is 0 Å². The van der Waals surface area contributed by atoms with Gasteiger partial charge in [-0.3, -0.25) is 0 Å². The van der Waals surface area contributed by atoms with Gasteiger partial charge in [-0.1, -0.05) is 23.8 Å². The highest BCUT2D eigenvalue weighted by atomic mass is 14.2. The Morgan fingerprint density at radius 1 is 1.09 bits per heavy atom. The lowest BCUT2D eigenvalue weighted by Gasteiger charge is -2.18. The molecule has 0 heterocycles. The van der Waals surface area contributed by atoms with Crippen LogP contribution in [0.4, 0.5) is 0 Å². The molecule has 0 N–H and O–H groups in total. The second kappa shape index (κ2) is 2.69. The minimum atomic E-state index is 1.24. The molecule has 0 unspecified atom stereocenters. The fourth-order valence-corrected chi connectivity index (χ4v) is 1.84. The maximum atomic E-state index is 2.38. The average molecular weight is 146 g/mol. The van der Waals surface area contributed by atoms with Gasteiger partial charge >= 0.3 is 0 Å². The molecule has 0 saturated carbocycles. The summed E-state index contributed by atoms with van der Waals surface area (Å²) in [6, 6.07) is 0. The van der Waals surface area contributed by atoms with E-state index < -0.39 is 0 Å². The van der Waals surface area contributed by atoms with Crippen LogP contribution in [-0.4, -0.2) is 0 Å². The van der Waals surface area contributed by atoms with E-state index in [1.165, 1.54) is 25.7 Å². The predicted octanol–water partition coefficient (Wildman–Crippen LogP) is 3.37. The molecular formula is C11H14. The van der Waals surface area contributed by atoms with Crippen LogP contribution in [0.1, 0.15) is 32.6 Å². The smallest absolute Gasteiger partial charge is 0.0239 e. The zero-order valence-electron chi connectivity index (χ0n) is 7.06. The Labute approximate surface area is 68.3 Å². The number of allylic oxidation sites excluding steroid dienone is 6. The topological polar surface area (TPSA) is 0 Å². The Morgan fingerprint density at radius 3 is 2.91 bits per heavy atom. The summed E-state index contributed by atoms with van der Waals surface area (Å²) in [6.45, 7) is 2.24. The monoisotopic (exact) mass is 146 g/mol. The molecule has 0 amide bonds. The van der Waals surface area contributed by atoms with Crippen molar-refractivity contribution in [2.45, 2.75) is 32.6 Å². The van der Waals surface area contributed by atoms with Gasteiger partial charge in [0.2, 0.25) is 0 Å². The first kappa shape index (κ1) is 6.90. The van der Waals surface area contributed by atoms with Crippen LogP contribution < -0.4 is 0 Å². The van der Waals surface area contributed by atoms with Gasteiger partial charge in [-0.2, -0.15) is 0 Å². The summed E-state index contributed by atoms with van der Waals surface area (Å²) in [5.41, 5.74) is 4.73. The van der Waals surface area contributed by atoms with Gasteiger partial charge in [0.25, 0.3) is 0 Å². The molecule has 2 aliphatic carbocycles. The molecule has 0 radical (unpaired) electrons. The Hall–Kier alpha value is -0.780. The minimum Gasteiger partial charge on any atom is -0.0839 e. The minimum absolute atomic E-state index is 1.24. The molecule has 2 rings (SSSR count). The van der Waals surface area contributed by atoms with Crippen LogP contribution in [0.25, 0.3) is 0 Å². The maximum Gasteiger partial charge on any atom is -0.0239 e. The van der Waals surface area contributed by atoms with Crippen molar-refractivity contribution >= 4 is 0 Å². The van der Waals surface area contributed by atoms with Crippen molar-refractivity contribution in [1.29, 1.82) is 0 Å². The molecule has 0 spiro atoms. The third kappa shape index (κ3) is 1.30. The van der Waals surface area contributed by atoms with E-state index in [1.54, 1.807) is 16.7 Å². The summed E-state index contributed by atoms with van der Waals surface area (Å²) in [5.74, 6) is 0. The van der Waals surface area contributed by atoms with Gasteiger partial charge in [0.15, 0.2) is 0 Å². The van der Waals surface area contributed by atoms with E-state index >= 15 is 0 Å². The Balaban J connectivity index is 2.33. The van der Waals surface area contributed by atoms with Crippen LogP contribution >= 0.6 is 0 Å². The van der Waals surface area contributed by atoms with E-state index in [9.17, 15) is 0 Å². The summed E-state index contributed by atoms with van der Waals surface area (Å²) in [4.78, 5) is 0. The highest BCUT2D eigenvalue weighted by molar-refractivity contribution is 5.40. The van der Waals surface area contributed by atoms with Crippen molar-refractivity contribution in [3.63, 3.8) is 0 Å². The van der Waals surface area contributed by atoms with Gasteiger partial charge in [-0.15, -0.1) is 0 Å². The number of rotatable bonds is 0. The molecule has 0 aromatic rings. The van der Waals surface area contributed by atoms with Gasteiger partial charge in [-0.05, 0) is 43.8 Å². The first-order chi connectivity index (χ1) is 5.36. The Morgan fingerprint density at radius 2 is 2.00 bits per heavy atom. The van der Waals surface area contributed by atoms with Crippen molar-refractivity contribution in [1.82, 2.24) is 0 Å². The lowest BCUT2D eigenvalue weighted by molar-refractivity contribution is 0.852. The van der Waals surface area contributed by atoms with Gasteiger partial charge in [0, 0.05) is 0 Å². The van der Waals surface area contributed by atoms with Gasteiger partial charge < -0.3 is 0 Å². The second-order valence-corrected chi connectivity index (χ2v) is 3.48. The molecule has 0 saturated heterocycles. The molecule has 58 valence electrons. The second-order valence-electron chi connectivity index (χ2n) is 3.48. The zero-order valence-corrected chi connectivity index (χ0v) is 7.06. The standard InChI is InChI=1S/C11H14/c1-9-6-7-10-4-2-3-5-11(10)8-9/h2,4,8H,3,5-7H2,1H3. The van der Waals surface area contributed by atoms with Crippen LogP contribution in [0.15, 0.2) is 34.9 Å². The first-order valence-corrected chi connectivity index (χ1v) is 4.42. The summed E-state index contributed by atoms with van der Waals surface area (Å²) in [7, 11) is 0. The van der Waals surface area contributed by atoms with Crippen LogP contribution in [0.2, 0.25) is 0 Å². The molecule has 0 aliphatic heterocycles. The lowest BCUT2D eigenvalue weighted by atomic mass is 9.87. The summed E-state index contributed by atoms with van der Waals surface area (Å²) >= 11 is 0. The molecular weight excluding hydrogens is 132 g/mol. The molecule has 0 heteroatoms. The molecule has 0 atom stereocenters. The fraction of sp³-hybridized carbons (Fsp3) is 0.455. The Bertz CT molecular complexity index is 251. The highest BCUT2D eigenvalue weighted by Crippen LogP contribution is 2.30. The van der Waals surface area contributed by atoms with Crippen molar-refractivity contribution in [2.24, 2.45) is 0 Å². The molecule has 11 heavy (non-hydrogen) atoms. The van der Waals surface area contributed by atoms with Crippen molar-refractivity contribution in [2.75, 3.05) is 0 Å². The number of hydrogen-bond acceptors (Lipinski definition) is 0. The van der Waals surface area contributed by atoms with Crippen molar-refractivity contribution < 1.29 is 0 Å². The van der Waals surface area contributed by atoms with E-state index in [2.05, 4.69) is 25.2 Å². The van der Waals surface area contributed by atoms with Gasteiger partial charge in [0.05, 0.1) is 0 Å². The highest BCUT2D eigenvalue weighted by Gasteiger charge is 2.10. The first-order valence-electron chi connectivity index (χ1n) is 4.42. The fourth-order valence-electron chi connectivity index (χ4n) is 1.84. The summed E-state index contributed by atoms with van der Waals surface area (Å²) in [6.07, 6.45) is 12.0. The van der Waals surface area contributed by atoms with Gasteiger partial charge in [0.1, 0.15) is 0 Å². The van der Waals surface area contributed by atoms with E-state index in [1.807, 2.05) is 0 Å². The van der Waals surface area contributed by atoms with E-state index in [-0.39, 0.29) is 0 Å².